The summed E-state index contributed by atoms with van der Waals surface area (Å²) in [7, 11) is 0. The van der Waals surface area contributed by atoms with Crippen LogP contribution < -0.4 is 0 Å². The zero-order valence-corrected chi connectivity index (χ0v) is 13.1. The SMILES string of the molecule is CC(C)(C)C1=CCC=N1.CC(C)(C)c1nccs1. The molecule has 0 bridgehead atoms. The van der Waals surface area contributed by atoms with Crippen LogP contribution in [0.25, 0.3) is 0 Å². The highest BCUT2D eigenvalue weighted by molar-refractivity contribution is 7.09. The van der Waals surface area contributed by atoms with Crippen LogP contribution in [-0.4, -0.2) is 11.2 Å². The van der Waals surface area contributed by atoms with Gasteiger partial charge in [-0.15, -0.1) is 11.3 Å². The zero-order chi connectivity index (χ0) is 13.8. The lowest BCUT2D eigenvalue weighted by Gasteiger charge is -2.16. The maximum Gasteiger partial charge on any atom is 0.0978 e. The maximum absolute atomic E-state index is 4.24. The average molecular weight is 264 g/mol. The van der Waals surface area contributed by atoms with Gasteiger partial charge in [-0.1, -0.05) is 47.6 Å². The summed E-state index contributed by atoms with van der Waals surface area (Å²) in [4.78, 5) is 8.45. The van der Waals surface area contributed by atoms with E-state index in [0.717, 1.165) is 6.42 Å². The maximum atomic E-state index is 4.24. The summed E-state index contributed by atoms with van der Waals surface area (Å²) in [6.07, 6.45) is 7.01. The molecular formula is C15H24N2S. The van der Waals surface area contributed by atoms with E-state index in [1.165, 1.54) is 10.7 Å². The molecule has 1 aromatic heterocycles. The highest BCUT2D eigenvalue weighted by atomic mass is 32.1. The Balaban J connectivity index is 0.000000180. The molecule has 0 N–H and O–H groups in total. The van der Waals surface area contributed by atoms with Crippen LogP contribution in [0.15, 0.2) is 28.3 Å². The van der Waals surface area contributed by atoms with Crippen molar-refractivity contribution in [2.24, 2.45) is 10.4 Å². The second kappa shape index (κ2) is 5.79. The first kappa shape index (κ1) is 15.1. The molecule has 0 fully saturated rings. The first-order chi connectivity index (χ1) is 8.21. The summed E-state index contributed by atoms with van der Waals surface area (Å²) < 4.78 is 0. The third-order valence-electron chi connectivity index (χ3n) is 2.49. The average Bonchev–Trinajstić information content (AvgIpc) is 2.91. The van der Waals surface area contributed by atoms with Crippen molar-refractivity contribution < 1.29 is 0 Å². The molecule has 0 saturated heterocycles. The monoisotopic (exact) mass is 264 g/mol. The molecule has 0 radical (unpaired) electrons. The fourth-order valence-corrected chi connectivity index (χ4v) is 2.19. The van der Waals surface area contributed by atoms with Crippen LogP contribution in [0.2, 0.25) is 0 Å². The van der Waals surface area contributed by atoms with Gasteiger partial charge in [0, 0.05) is 40.7 Å². The van der Waals surface area contributed by atoms with Crippen molar-refractivity contribution in [3.63, 3.8) is 0 Å². The Kier molecular flexibility index (Phi) is 4.85. The smallest absolute Gasteiger partial charge is 0.0978 e. The van der Waals surface area contributed by atoms with Crippen LogP contribution in [0, 0.1) is 5.41 Å². The molecule has 2 heterocycles. The molecule has 100 valence electrons. The fourth-order valence-electron chi connectivity index (χ4n) is 1.46. The highest BCUT2D eigenvalue weighted by Gasteiger charge is 2.17. The molecule has 3 heteroatoms. The van der Waals surface area contributed by atoms with Crippen molar-refractivity contribution in [1.29, 1.82) is 0 Å². The Morgan fingerprint density at radius 3 is 1.94 bits per heavy atom. The number of nitrogens with zero attached hydrogens (tertiary/aromatic N) is 2. The van der Waals surface area contributed by atoms with E-state index in [1.807, 2.05) is 17.8 Å². The van der Waals surface area contributed by atoms with Gasteiger partial charge in [0.1, 0.15) is 0 Å². The van der Waals surface area contributed by atoms with Crippen molar-refractivity contribution in [2.75, 3.05) is 0 Å². The largest absolute Gasteiger partial charge is 0.265 e. The van der Waals surface area contributed by atoms with E-state index in [0.29, 0.717) is 0 Å². The molecule has 0 saturated carbocycles. The van der Waals surface area contributed by atoms with E-state index < -0.39 is 0 Å². The molecule has 0 amide bonds. The van der Waals surface area contributed by atoms with E-state index in [2.05, 4.69) is 57.6 Å². The molecule has 0 atom stereocenters. The van der Waals surface area contributed by atoms with Crippen molar-refractivity contribution >= 4 is 17.6 Å². The summed E-state index contributed by atoms with van der Waals surface area (Å²) in [6.45, 7) is 13.1. The van der Waals surface area contributed by atoms with Gasteiger partial charge in [-0.2, -0.15) is 0 Å². The first-order valence-electron chi connectivity index (χ1n) is 6.34. The van der Waals surface area contributed by atoms with Crippen molar-refractivity contribution in [2.45, 2.75) is 53.4 Å². The molecule has 2 rings (SSSR count). The predicted molar refractivity (Wildman–Crippen MR) is 81.5 cm³/mol. The summed E-state index contributed by atoms with van der Waals surface area (Å²) in [5.41, 5.74) is 1.70. The molecule has 1 aliphatic heterocycles. The molecular weight excluding hydrogens is 240 g/mol. The van der Waals surface area contributed by atoms with Crippen LogP contribution in [0.5, 0.6) is 0 Å². The second-order valence-corrected chi connectivity index (χ2v) is 7.37. The van der Waals surface area contributed by atoms with E-state index in [4.69, 9.17) is 0 Å². The van der Waals surface area contributed by atoms with Gasteiger partial charge in [0.2, 0.25) is 0 Å². The minimum Gasteiger partial charge on any atom is -0.265 e. The van der Waals surface area contributed by atoms with Gasteiger partial charge in [-0.05, 0) is 0 Å². The second-order valence-electron chi connectivity index (χ2n) is 6.47. The molecule has 0 spiro atoms. The topological polar surface area (TPSA) is 25.2 Å². The molecule has 0 aromatic carbocycles. The van der Waals surface area contributed by atoms with E-state index in [1.54, 1.807) is 11.3 Å². The molecule has 1 aliphatic rings. The molecule has 1 aromatic rings. The molecule has 2 nitrogen and oxygen atoms in total. The van der Waals surface area contributed by atoms with Gasteiger partial charge in [0.25, 0.3) is 0 Å². The number of aliphatic imine (C=N–C) groups is 1. The minimum atomic E-state index is 0.230. The van der Waals surface area contributed by atoms with E-state index in [9.17, 15) is 0 Å². The Morgan fingerprint density at radius 1 is 1.06 bits per heavy atom. The third kappa shape index (κ3) is 4.73. The lowest BCUT2D eigenvalue weighted by Crippen LogP contribution is -2.09. The van der Waals surface area contributed by atoms with Gasteiger partial charge in [-0.25, -0.2) is 4.98 Å². The van der Waals surface area contributed by atoms with Crippen molar-refractivity contribution in [3.05, 3.63) is 28.4 Å². The highest BCUT2D eigenvalue weighted by Crippen LogP contribution is 2.28. The molecule has 0 aliphatic carbocycles. The number of aromatic nitrogens is 1. The minimum absolute atomic E-state index is 0.230. The van der Waals surface area contributed by atoms with Gasteiger partial charge < -0.3 is 0 Å². The summed E-state index contributed by atoms with van der Waals surface area (Å²) in [6, 6.07) is 0. The first-order valence-corrected chi connectivity index (χ1v) is 7.22. The number of hydrogen-bond donors (Lipinski definition) is 0. The van der Waals surface area contributed by atoms with Crippen LogP contribution in [0.4, 0.5) is 0 Å². The number of allylic oxidation sites excluding steroid dienone is 2. The number of rotatable bonds is 0. The van der Waals surface area contributed by atoms with Crippen LogP contribution >= 0.6 is 11.3 Å². The predicted octanol–water partition coefficient (Wildman–Crippen LogP) is 4.83. The molecule has 0 unspecified atom stereocenters. The Hall–Kier alpha value is -0.960. The number of hydrogen-bond acceptors (Lipinski definition) is 3. The Bertz CT molecular complexity index is 414. The Morgan fingerprint density at radius 2 is 1.72 bits per heavy atom. The fraction of sp³-hybridized carbons (Fsp3) is 0.600. The van der Waals surface area contributed by atoms with Crippen LogP contribution in [-0.2, 0) is 5.41 Å². The zero-order valence-electron chi connectivity index (χ0n) is 12.3. The van der Waals surface area contributed by atoms with Crippen LogP contribution in [0.3, 0.4) is 0 Å². The number of thiazole rings is 1. The standard InChI is InChI=1S/C8H13N.C7H11NS/c1-8(2,3)7-5-4-6-9-7;1-7(2,3)6-8-4-5-9-6/h5-6H,4H2,1-3H3;4-5H,1-3H3. The van der Waals surface area contributed by atoms with Crippen LogP contribution in [0.1, 0.15) is 53.0 Å². The summed E-state index contributed by atoms with van der Waals surface area (Å²) >= 11 is 1.72. The van der Waals surface area contributed by atoms with E-state index in [-0.39, 0.29) is 10.8 Å². The normalized spacial score (nSPS) is 15.1. The lowest BCUT2D eigenvalue weighted by atomic mass is 9.92. The van der Waals surface area contributed by atoms with Gasteiger partial charge in [-0.3, -0.25) is 4.99 Å². The van der Waals surface area contributed by atoms with Gasteiger partial charge >= 0.3 is 0 Å². The van der Waals surface area contributed by atoms with Crippen molar-refractivity contribution in [3.8, 4) is 0 Å². The summed E-state index contributed by atoms with van der Waals surface area (Å²) in [5, 5.41) is 3.23. The van der Waals surface area contributed by atoms with Gasteiger partial charge in [0.05, 0.1) is 5.01 Å². The van der Waals surface area contributed by atoms with Crippen molar-refractivity contribution in [1.82, 2.24) is 4.98 Å². The lowest BCUT2D eigenvalue weighted by molar-refractivity contribution is 0.500. The van der Waals surface area contributed by atoms with E-state index >= 15 is 0 Å². The van der Waals surface area contributed by atoms with Gasteiger partial charge in [0.15, 0.2) is 0 Å². The third-order valence-corrected chi connectivity index (χ3v) is 3.69. The Labute approximate surface area is 115 Å². The quantitative estimate of drug-likeness (QED) is 0.658. The summed E-state index contributed by atoms with van der Waals surface area (Å²) in [5.74, 6) is 0. The molecule has 18 heavy (non-hydrogen) atoms.